The van der Waals surface area contributed by atoms with Crippen molar-refractivity contribution in [3.63, 3.8) is 0 Å². The van der Waals surface area contributed by atoms with Crippen LogP contribution in [0.2, 0.25) is 0 Å². The first kappa shape index (κ1) is 11.8. The van der Waals surface area contributed by atoms with E-state index in [1.807, 2.05) is 0 Å². The van der Waals surface area contributed by atoms with Crippen LogP contribution in [0.3, 0.4) is 0 Å². The summed E-state index contributed by atoms with van der Waals surface area (Å²) in [4.78, 5) is 3.56. The molecule has 1 saturated heterocycles. The van der Waals surface area contributed by atoms with E-state index in [4.69, 9.17) is 4.74 Å². The molecule has 0 amide bonds. The Morgan fingerprint density at radius 3 is 3.00 bits per heavy atom. The number of fused-ring (bicyclic) bond motifs is 1. The highest BCUT2D eigenvalue weighted by Gasteiger charge is 2.20. The average molecular weight is 244 g/mol. The highest BCUT2D eigenvalue weighted by molar-refractivity contribution is 5.87. The number of para-hydroxylation sites is 1. The van der Waals surface area contributed by atoms with Gasteiger partial charge in [0.05, 0.1) is 0 Å². The lowest BCUT2D eigenvalue weighted by atomic mass is 10.1. The Labute approximate surface area is 108 Å². The Morgan fingerprint density at radius 2 is 2.17 bits per heavy atom. The van der Waals surface area contributed by atoms with Crippen LogP contribution in [0.5, 0.6) is 0 Å². The number of hydrogen-bond acceptors (Lipinski definition) is 2. The number of hydrogen-bond donors (Lipinski definition) is 2. The Kier molecular flexibility index (Phi) is 3.10. The van der Waals surface area contributed by atoms with E-state index >= 15 is 0 Å². The Morgan fingerprint density at radius 1 is 1.28 bits per heavy atom. The summed E-state index contributed by atoms with van der Waals surface area (Å²) in [6.45, 7) is 7.11. The van der Waals surface area contributed by atoms with Crippen LogP contribution in [0.25, 0.3) is 10.9 Å². The van der Waals surface area contributed by atoms with E-state index in [2.05, 4.69) is 42.3 Å². The van der Waals surface area contributed by atoms with E-state index < -0.39 is 0 Å². The Balaban J connectivity index is 2.06. The van der Waals surface area contributed by atoms with Crippen LogP contribution in [-0.4, -0.2) is 24.7 Å². The zero-order chi connectivity index (χ0) is 12.5. The summed E-state index contributed by atoms with van der Waals surface area (Å²) in [5.41, 5.74) is 5.09. The predicted molar refractivity (Wildman–Crippen MR) is 74.0 cm³/mol. The maximum absolute atomic E-state index is 5.95. The van der Waals surface area contributed by atoms with Crippen molar-refractivity contribution in [1.29, 1.82) is 0 Å². The second kappa shape index (κ2) is 4.75. The lowest BCUT2D eigenvalue weighted by molar-refractivity contribution is 0.0640. The number of aromatic nitrogens is 1. The van der Waals surface area contributed by atoms with Crippen LogP contribution >= 0.6 is 0 Å². The molecule has 1 unspecified atom stereocenters. The van der Waals surface area contributed by atoms with E-state index in [1.165, 1.54) is 27.7 Å². The van der Waals surface area contributed by atoms with Gasteiger partial charge in [0.25, 0.3) is 0 Å². The van der Waals surface area contributed by atoms with E-state index in [1.54, 1.807) is 0 Å². The van der Waals surface area contributed by atoms with Crippen LogP contribution in [0.15, 0.2) is 18.2 Å². The molecule has 1 aromatic heterocycles. The van der Waals surface area contributed by atoms with Crippen molar-refractivity contribution in [3.05, 3.63) is 35.0 Å². The summed E-state index contributed by atoms with van der Waals surface area (Å²) in [7, 11) is 0. The quantitative estimate of drug-likeness (QED) is 0.809. The van der Waals surface area contributed by atoms with E-state index in [9.17, 15) is 0 Å². The van der Waals surface area contributed by atoms with Crippen LogP contribution < -0.4 is 5.32 Å². The van der Waals surface area contributed by atoms with Gasteiger partial charge in [-0.15, -0.1) is 0 Å². The minimum atomic E-state index is 0.152. The van der Waals surface area contributed by atoms with E-state index in [0.717, 1.165) is 26.1 Å². The third-order valence-corrected chi connectivity index (χ3v) is 3.81. The molecule has 0 radical (unpaired) electrons. The zero-order valence-corrected chi connectivity index (χ0v) is 11.0. The summed E-state index contributed by atoms with van der Waals surface area (Å²) in [5, 5.41) is 4.75. The largest absolute Gasteiger partial charge is 0.371 e. The van der Waals surface area contributed by atoms with Gasteiger partial charge in [0.15, 0.2) is 0 Å². The second-order valence-electron chi connectivity index (χ2n) is 5.08. The van der Waals surface area contributed by atoms with Crippen LogP contribution in [-0.2, 0) is 4.74 Å². The molecule has 3 heteroatoms. The molecule has 18 heavy (non-hydrogen) atoms. The number of rotatable bonds is 1. The molecule has 3 nitrogen and oxygen atoms in total. The van der Waals surface area contributed by atoms with Crippen molar-refractivity contribution in [3.8, 4) is 0 Å². The summed E-state index contributed by atoms with van der Waals surface area (Å²) in [5.74, 6) is 0. The van der Waals surface area contributed by atoms with E-state index in [-0.39, 0.29) is 6.10 Å². The highest BCUT2D eigenvalue weighted by Crippen LogP contribution is 2.29. The maximum atomic E-state index is 5.95. The van der Waals surface area contributed by atoms with Gasteiger partial charge in [0.2, 0.25) is 0 Å². The molecule has 96 valence electrons. The average Bonchev–Trinajstić information content (AvgIpc) is 2.57. The fourth-order valence-electron chi connectivity index (χ4n) is 2.74. The molecule has 0 spiro atoms. The number of nitrogens with one attached hydrogen (secondary N) is 2. The molecule has 0 bridgehead atoms. The first-order valence-electron chi connectivity index (χ1n) is 6.67. The van der Waals surface area contributed by atoms with Gasteiger partial charge in [-0.25, -0.2) is 0 Å². The summed E-state index contributed by atoms with van der Waals surface area (Å²) >= 11 is 0. The number of aromatic amines is 1. The fraction of sp³-hybridized carbons (Fsp3) is 0.467. The van der Waals surface area contributed by atoms with E-state index in [0.29, 0.717) is 0 Å². The molecule has 0 saturated carbocycles. The smallest absolute Gasteiger partial charge is 0.110 e. The molecule has 2 heterocycles. The maximum Gasteiger partial charge on any atom is 0.110 e. The van der Waals surface area contributed by atoms with Crippen molar-refractivity contribution >= 4 is 10.9 Å². The molecule has 1 aliphatic heterocycles. The first-order chi connectivity index (χ1) is 8.77. The van der Waals surface area contributed by atoms with Crippen LogP contribution in [0, 0.1) is 13.8 Å². The van der Waals surface area contributed by atoms with Gasteiger partial charge in [-0.2, -0.15) is 0 Å². The van der Waals surface area contributed by atoms with Crippen molar-refractivity contribution < 1.29 is 4.74 Å². The van der Waals surface area contributed by atoms with Gasteiger partial charge >= 0.3 is 0 Å². The third kappa shape index (κ3) is 1.93. The lowest BCUT2D eigenvalue weighted by Crippen LogP contribution is -2.20. The van der Waals surface area contributed by atoms with Gasteiger partial charge in [0.1, 0.15) is 6.10 Å². The van der Waals surface area contributed by atoms with Crippen molar-refractivity contribution in [2.75, 3.05) is 19.7 Å². The molecular formula is C15H20N2O. The van der Waals surface area contributed by atoms with Crippen molar-refractivity contribution in [1.82, 2.24) is 10.3 Å². The molecule has 2 aromatic rings. The first-order valence-corrected chi connectivity index (χ1v) is 6.67. The van der Waals surface area contributed by atoms with Gasteiger partial charge in [-0.05, 0) is 37.9 Å². The highest BCUT2D eigenvalue weighted by atomic mass is 16.5. The normalized spacial score (nSPS) is 21.1. The Bertz CT molecular complexity index is 551. The molecule has 1 aliphatic rings. The van der Waals surface area contributed by atoms with Crippen molar-refractivity contribution in [2.24, 2.45) is 0 Å². The van der Waals surface area contributed by atoms with Gasteiger partial charge in [-0.3, -0.25) is 0 Å². The summed E-state index contributed by atoms with van der Waals surface area (Å²) in [6, 6.07) is 6.45. The van der Waals surface area contributed by atoms with Crippen LogP contribution in [0.4, 0.5) is 0 Å². The summed E-state index contributed by atoms with van der Waals surface area (Å²) in [6.07, 6.45) is 1.24. The SMILES string of the molecule is Cc1c(C2CNCCCO2)[nH]c2c(C)cccc12. The molecule has 3 rings (SSSR count). The topological polar surface area (TPSA) is 37.0 Å². The molecule has 1 fully saturated rings. The third-order valence-electron chi connectivity index (χ3n) is 3.81. The fourth-order valence-corrected chi connectivity index (χ4v) is 2.74. The Hall–Kier alpha value is -1.32. The monoisotopic (exact) mass is 244 g/mol. The lowest BCUT2D eigenvalue weighted by Gasteiger charge is -2.14. The van der Waals surface area contributed by atoms with Crippen molar-refractivity contribution in [2.45, 2.75) is 26.4 Å². The molecule has 1 atom stereocenters. The molecular weight excluding hydrogens is 224 g/mol. The minimum absolute atomic E-state index is 0.152. The second-order valence-corrected chi connectivity index (χ2v) is 5.08. The summed E-state index contributed by atoms with van der Waals surface area (Å²) < 4.78 is 5.95. The predicted octanol–water partition coefficient (Wildman–Crippen LogP) is 2.84. The standard InChI is InChI=1S/C15H20N2O/c1-10-5-3-6-12-11(2)15(17-14(10)12)13-9-16-7-4-8-18-13/h3,5-6,13,16-17H,4,7-9H2,1-2H3. The number of aryl methyl sites for hydroxylation is 2. The zero-order valence-electron chi connectivity index (χ0n) is 11.0. The number of ether oxygens (including phenoxy) is 1. The van der Waals surface area contributed by atoms with Gasteiger partial charge in [-0.1, -0.05) is 18.2 Å². The molecule has 1 aromatic carbocycles. The minimum Gasteiger partial charge on any atom is -0.371 e. The van der Waals surface area contributed by atoms with Gasteiger partial charge < -0.3 is 15.0 Å². The van der Waals surface area contributed by atoms with Gasteiger partial charge in [0, 0.05) is 29.7 Å². The van der Waals surface area contributed by atoms with Crippen LogP contribution in [0.1, 0.15) is 29.3 Å². The number of benzene rings is 1. The molecule has 0 aliphatic carbocycles. The molecule has 2 N–H and O–H groups in total. The number of H-pyrrole nitrogens is 1.